The first-order valence-corrected chi connectivity index (χ1v) is 4.26. The minimum absolute atomic E-state index is 0.0526. The van der Waals surface area contributed by atoms with Gasteiger partial charge in [0, 0.05) is 6.04 Å². The van der Waals surface area contributed by atoms with Crippen LogP contribution in [-0.2, 0) is 9.53 Å². The first-order chi connectivity index (χ1) is 5.36. The number of fused-ring (bicyclic) bond motifs is 1. The van der Waals surface area contributed by atoms with Crippen molar-refractivity contribution in [2.24, 2.45) is 0 Å². The summed E-state index contributed by atoms with van der Waals surface area (Å²) in [5.41, 5.74) is 0. The fourth-order valence-corrected chi connectivity index (χ4v) is 1.86. The lowest BCUT2D eigenvalue weighted by atomic mass is 10.0. The molecule has 2 heterocycles. The van der Waals surface area contributed by atoms with Crippen LogP contribution in [0.3, 0.4) is 0 Å². The number of morpholine rings is 1. The van der Waals surface area contributed by atoms with Gasteiger partial charge in [-0.1, -0.05) is 6.42 Å². The first kappa shape index (κ1) is 7.10. The average Bonchev–Trinajstić information content (AvgIpc) is 2.04. The number of rotatable bonds is 0. The summed E-state index contributed by atoms with van der Waals surface area (Å²) in [7, 11) is 0. The van der Waals surface area contributed by atoms with Crippen LogP contribution in [0.1, 0.15) is 19.3 Å². The van der Waals surface area contributed by atoms with Crippen LogP contribution in [-0.4, -0.2) is 36.6 Å². The second kappa shape index (κ2) is 2.81. The molecule has 2 fully saturated rings. The topological polar surface area (TPSA) is 29.5 Å². The highest BCUT2D eigenvalue weighted by Gasteiger charge is 2.29. The lowest BCUT2D eigenvalue weighted by Crippen LogP contribution is -2.49. The van der Waals surface area contributed by atoms with E-state index in [-0.39, 0.29) is 5.97 Å². The summed E-state index contributed by atoms with van der Waals surface area (Å²) in [5.74, 6) is -0.0526. The highest BCUT2D eigenvalue weighted by atomic mass is 16.5. The molecule has 0 amide bonds. The molecule has 0 aliphatic carbocycles. The van der Waals surface area contributed by atoms with Crippen LogP contribution in [0.5, 0.6) is 0 Å². The van der Waals surface area contributed by atoms with Crippen LogP contribution in [0.15, 0.2) is 0 Å². The van der Waals surface area contributed by atoms with Crippen molar-refractivity contribution in [2.75, 3.05) is 19.7 Å². The number of esters is 1. The van der Waals surface area contributed by atoms with Gasteiger partial charge in [0.2, 0.25) is 0 Å². The highest BCUT2D eigenvalue weighted by Crippen LogP contribution is 2.19. The van der Waals surface area contributed by atoms with Gasteiger partial charge in [0.05, 0.1) is 6.54 Å². The molecule has 1 atom stereocenters. The summed E-state index contributed by atoms with van der Waals surface area (Å²) in [6.45, 7) is 2.23. The van der Waals surface area contributed by atoms with Gasteiger partial charge in [0.15, 0.2) is 0 Å². The van der Waals surface area contributed by atoms with Gasteiger partial charge in [0.1, 0.15) is 6.61 Å². The summed E-state index contributed by atoms with van der Waals surface area (Å²) in [5, 5.41) is 0. The quantitative estimate of drug-likeness (QED) is 0.474. The number of carbonyl (C=O) groups excluding carboxylic acids is 1. The summed E-state index contributed by atoms with van der Waals surface area (Å²) in [6.07, 6.45) is 3.73. The summed E-state index contributed by atoms with van der Waals surface area (Å²) >= 11 is 0. The van der Waals surface area contributed by atoms with E-state index in [1.165, 1.54) is 19.3 Å². The zero-order valence-corrected chi connectivity index (χ0v) is 6.58. The lowest BCUT2D eigenvalue weighted by molar-refractivity contribution is -0.155. The number of ether oxygens (including phenoxy) is 1. The summed E-state index contributed by atoms with van der Waals surface area (Å²) in [6, 6.07) is 0.529. The maximum atomic E-state index is 10.9. The average molecular weight is 155 g/mol. The van der Waals surface area contributed by atoms with Crippen LogP contribution in [0.25, 0.3) is 0 Å². The van der Waals surface area contributed by atoms with E-state index in [2.05, 4.69) is 4.90 Å². The van der Waals surface area contributed by atoms with Gasteiger partial charge in [-0.05, 0) is 19.4 Å². The van der Waals surface area contributed by atoms with Gasteiger partial charge in [-0.15, -0.1) is 0 Å². The Morgan fingerprint density at radius 1 is 1.45 bits per heavy atom. The predicted molar refractivity (Wildman–Crippen MR) is 40.2 cm³/mol. The summed E-state index contributed by atoms with van der Waals surface area (Å²) < 4.78 is 4.97. The van der Waals surface area contributed by atoms with Crippen LogP contribution in [0.2, 0.25) is 0 Å². The molecule has 3 nitrogen and oxygen atoms in total. The molecule has 2 rings (SSSR count). The molecule has 3 heteroatoms. The van der Waals surface area contributed by atoms with Gasteiger partial charge in [0.25, 0.3) is 0 Å². The zero-order valence-electron chi connectivity index (χ0n) is 6.58. The summed E-state index contributed by atoms with van der Waals surface area (Å²) in [4.78, 5) is 13.1. The zero-order chi connectivity index (χ0) is 7.68. The van der Waals surface area contributed by atoms with Crippen molar-refractivity contribution in [3.05, 3.63) is 0 Å². The Balaban J connectivity index is 1.98. The molecule has 0 saturated carbocycles. The monoisotopic (exact) mass is 155 g/mol. The fraction of sp³-hybridized carbons (Fsp3) is 0.875. The SMILES string of the molecule is O=C1CN2CCCC[C@H]2CO1. The molecule has 0 radical (unpaired) electrons. The van der Waals surface area contributed by atoms with E-state index in [9.17, 15) is 4.79 Å². The van der Waals surface area contributed by atoms with E-state index in [1.54, 1.807) is 0 Å². The van der Waals surface area contributed by atoms with E-state index in [1.807, 2.05) is 0 Å². The molecular weight excluding hydrogens is 142 g/mol. The third-order valence-electron chi connectivity index (χ3n) is 2.52. The Hall–Kier alpha value is -0.570. The Kier molecular flexibility index (Phi) is 1.82. The Morgan fingerprint density at radius 3 is 3.27 bits per heavy atom. The van der Waals surface area contributed by atoms with Gasteiger partial charge < -0.3 is 4.74 Å². The second-order valence-electron chi connectivity index (χ2n) is 3.30. The van der Waals surface area contributed by atoms with E-state index >= 15 is 0 Å². The minimum atomic E-state index is -0.0526. The van der Waals surface area contributed by atoms with Crippen molar-refractivity contribution in [1.82, 2.24) is 4.90 Å². The van der Waals surface area contributed by atoms with Gasteiger partial charge >= 0.3 is 5.97 Å². The Bertz CT molecular complexity index is 169. The number of hydrogen-bond acceptors (Lipinski definition) is 3. The molecule has 0 spiro atoms. The van der Waals surface area contributed by atoms with Crippen LogP contribution in [0, 0.1) is 0 Å². The highest BCUT2D eigenvalue weighted by molar-refractivity contribution is 5.72. The molecule has 0 N–H and O–H groups in total. The Labute approximate surface area is 66.3 Å². The molecule has 0 unspecified atom stereocenters. The number of cyclic esters (lactones) is 1. The van der Waals surface area contributed by atoms with E-state index < -0.39 is 0 Å². The normalized spacial score (nSPS) is 32.7. The molecule has 62 valence electrons. The number of hydrogen-bond donors (Lipinski definition) is 0. The van der Waals surface area contributed by atoms with Crippen molar-refractivity contribution in [2.45, 2.75) is 25.3 Å². The van der Waals surface area contributed by atoms with Gasteiger partial charge in [-0.25, -0.2) is 0 Å². The molecule has 11 heavy (non-hydrogen) atoms. The predicted octanol–water partition coefficient (Wildman–Crippen LogP) is 0.398. The molecule has 2 aliphatic rings. The van der Waals surface area contributed by atoms with Crippen LogP contribution < -0.4 is 0 Å². The molecule has 2 aliphatic heterocycles. The van der Waals surface area contributed by atoms with Crippen molar-refractivity contribution < 1.29 is 9.53 Å². The maximum absolute atomic E-state index is 10.9. The first-order valence-electron chi connectivity index (χ1n) is 4.26. The molecule has 0 aromatic heterocycles. The van der Waals surface area contributed by atoms with E-state index in [4.69, 9.17) is 4.74 Å². The third-order valence-corrected chi connectivity index (χ3v) is 2.52. The number of carbonyl (C=O) groups is 1. The Morgan fingerprint density at radius 2 is 2.36 bits per heavy atom. The maximum Gasteiger partial charge on any atom is 0.320 e. The van der Waals surface area contributed by atoms with E-state index in [0.29, 0.717) is 19.2 Å². The van der Waals surface area contributed by atoms with Crippen molar-refractivity contribution in [3.8, 4) is 0 Å². The van der Waals surface area contributed by atoms with Crippen LogP contribution >= 0.6 is 0 Å². The van der Waals surface area contributed by atoms with Gasteiger partial charge in [-0.3, -0.25) is 9.69 Å². The molecule has 0 bridgehead atoms. The standard InChI is InChI=1S/C8H13NO2/c10-8-5-9-4-2-1-3-7(9)6-11-8/h7H,1-6H2/t7-/m0/s1. The second-order valence-corrected chi connectivity index (χ2v) is 3.30. The molecule has 0 aromatic rings. The number of piperidine rings is 1. The van der Waals surface area contributed by atoms with E-state index in [0.717, 1.165) is 6.54 Å². The smallest absolute Gasteiger partial charge is 0.320 e. The van der Waals surface area contributed by atoms with Crippen molar-refractivity contribution in [1.29, 1.82) is 0 Å². The van der Waals surface area contributed by atoms with Crippen LogP contribution in [0.4, 0.5) is 0 Å². The molecule has 2 saturated heterocycles. The fourth-order valence-electron chi connectivity index (χ4n) is 1.86. The van der Waals surface area contributed by atoms with Crippen molar-refractivity contribution >= 4 is 5.97 Å². The largest absolute Gasteiger partial charge is 0.463 e. The number of nitrogens with zero attached hydrogens (tertiary/aromatic N) is 1. The molecule has 0 aromatic carbocycles. The minimum Gasteiger partial charge on any atom is -0.463 e. The van der Waals surface area contributed by atoms with Gasteiger partial charge in [-0.2, -0.15) is 0 Å². The lowest BCUT2D eigenvalue weighted by Gasteiger charge is -2.37. The third kappa shape index (κ3) is 1.38. The van der Waals surface area contributed by atoms with Crippen molar-refractivity contribution in [3.63, 3.8) is 0 Å². The molecular formula is C8H13NO2.